The summed E-state index contributed by atoms with van der Waals surface area (Å²) in [7, 11) is -1.74. The van der Waals surface area contributed by atoms with Gasteiger partial charge in [0.25, 0.3) is 0 Å². The number of rotatable bonds is 6. The van der Waals surface area contributed by atoms with Gasteiger partial charge in [0.1, 0.15) is 16.7 Å². The van der Waals surface area contributed by atoms with Crippen LogP contribution in [0.2, 0.25) is 19.6 Å². The second-order valence-electron chi connectivity index (χ2n) is 16.9. The van der Waals surface area contributed by atoms with Crippen LogP contribution in [0.3, 0.4) is 0 Å². The van der Waals surface area contributed by atoms with Crippen LogP contribution in [0, 0.1) is 11.8 Å². The van der Waals surface area contributed by atoms with Crippen molar-refractivity contribution in [2.75, 3.05) is 0 Å². The van der Waals surface area contributed by atoms with Gasteiger partial charge in [0.05, 0.1) is 13.6 Å². The number of benzene rings is 2. The first kappa shape index (κ1) is 30.9. The van der Waals surface area contributed by atoms with E-state index in [4.69, 9.17) is 9.40 Å². The number of hydrogen-bond donors (Lipinski definition) is 0. The Morgan fingerprint density at radius 1 is 0.857 bits per heavy atom. The van der Waals surface area contributed by atoms with E-state index in [0.717, 1.165) is 52.0 Å². The van der Waals surface area contributed by atoms with Gasteiger partial charge in [-0.1, -0.05) is 103 Å². The second-order valence-corrected chi connectivity index (χ2v) is 21.9. The molecule has 1 spiro atoms. The minimum atomic E-state index is -1.74. The van der Waals surface area contributed by atoms with Crippen LogP contribution in [-0.2, 0) is 18.5 Å². The summed E-state index contributed by atoms with van der Waals surface area (Å²) in [6.07, 6.45) is 14.8. The molecule has 5 heteroatoms. The first-order chi connectivity index (χ1) is 23.6. The minimum absolute atomic E-state index is 0.404. The Kier molecular flexibility index (Phi) is 6.91. The molecule has 0 amide bonds. The van der Waals surface area contributed by atoms with E-state index in [1.54, 1.807) is 5.19 Å². The molecule has 1 aliphatic carbocycles. The summed E-state index contributed by atoms with van der Waals surface area (Å²) in [6, 6.07) is 22.6. The Bertz CT molecular complexity index is 2300. The normalized spacial score (nSPS) is 18.3. The minimum Gasteiger partial charge on any atom is -0.455 e. The number of furan rings is 1. The molecule has 2 aromatic carbocycles. The number of nitrogens with zero attached hydrogens (tertiary/aromatic N) is 3. The highest BCUT2D eigenvalue weighted by Gasteiger charge is 2.69. The third-order valence-corrected chi connectivity index (χ3v) is 13.8. The van der Waals surface area contributed by atoms with E-state index in [9.17, 15) is 0 Å². The quantitative estimate of drug-likeness (QED) is 0.131. The van der Waals surface area contributed by atoms with Crippen molar-refractivity contribution in [3.8, 4) is 22.5 Å². The zero-order valence-corrected chi connectivity index (χ0v) is 31.2. The topological polar surface area (TPSA) is 33.8 Å². The fourth-order valence-corrected chi connectivity index (χ4v) is 11.2. The predicted octanol–water partition coefficient (Wildman–Crippen LogP) is 9.41. The van der Waals surface area contributed by atoms with Crippen molar-refractivity contribution in [3.63, 3.8) is 0 Å². The number of para-hydroxylation sites is 1. The maximum absolute atomic E-state index is 6.87. The molecule has 49 heavy (non-hydrogen) atoms. The Morgan fingerprint density at radius 3 is 2.33 bits per heavy atom. The first-order valence-corrected chi connectivity index (χ1v) is 22.2. The van der Waals surface area contributed by atoms with Gasteiger partial charge in [0.2, 0.25) is 17.1 Å². The molecule has 6 heterocycles. The summed E-state index contributed by atoms with van der Waals surface area (Å²) in [6.45, 7) is 16.9. The van der Waals surface area contributed by atoms with Crippen LogP contribution in [0.15, 0.2) is 83.7 Å². The highest BCUT2D eigenvalue weighted by Crippen LogP contribution is 2.50. The number of aromatic nitrogens is 3. The zero-order chi connectivity index (χ0) is 33.8. The van der Waals surface area contributed by atoms with Gasteiger partial charge < -0.3 is 4.42 Å². The molecule has 1 saturated carbocycles. The Labute approximate surface area is 291 Å². The lowest BCUT2D eigenvalue weighted by Crippen LogP contribution is -2.73. The van der Waals surface area contributed by atoms with E-state index in [0.29, 0.717) is 11.8 Å². The molecular weight excluding hydrogens is 615 g/mol. The highest BCUT2D eigenvalue weighted by atomic mass is 28.3. The molecule has 0 radical (unpaired) electrons. The highest BCUT2D eigenvalue weighted by molar-refractivity contribution is 6.89. The summed E-state index contributed by atoms with van der Waals surface area (Å²) >= 11 is 0. The molecule has 0 saturated heterocycles. The fourth-order valence-electron chi connectivity index (χ4n) is 9.57. The second kappa shape index (κ2) is 11.0. The van der Waals surface area contributed by atoms with Crippen molar-refractivity contribution in [3.05, 3.63) is 107 Å². The van der Waals surface area contributed by atoms with Crippen molar-refractivity contribution >= 4 is 35.2 Å². The maximum Gasteiger partial charge on any atom is 0.434 e. The molecule has 1 unspecified atom stereocenters. The molecule has 3 aliphatic rings. The summed E-state index contributed by atoms with van der Waals surface area (Å²) in [4.78, 5) is 5.54. The average Bonchev–Trinajstić information content (AvgIpc) is 3.83. The van der Waals surface area contributed by atoms with Crippen molar-refractivity contribution in [1.82, 2.24) is 4.98 Å². The van der Waals surface area contributed by atoms with Crippen LogP contribution in [0.4, 0.5) is 0 Å². The summed E-state index contributed by atoms with van der Waals surface area (Å²) in [5.74, 6) is 1.75. The average molecular weight is 664 g/mol. The molecule has 4 aromatic heterocycles. The van der Waals surface area contributed by atoms with E-state index >= 15 is 0 Å². The molecule has 2 aliphatic heterocycles. The standard InChI is InChI=1S/C44H49N3OSi/c1-27(2)20-31-23-37-33-17-10-12-18-36(33)44(47(37)26-40(31)49(5,6)7)43-41(42-34(24-45-43)32-16-11-13-19-39(32)48-42)38-22-30(21-29-14-8-9-15-29)35(28(3)4)25-46(38)44/h10-13,16-19,22-29H,8-9,14-15,20-21H2,1-7H3/q+2. The van der Waals surface area contributed by atoms with Gasteiger partial charge in [0, 0.05) is 39.9 Å². The van der Waals surface area contributed by atoms with Gasteiger partial charge >= 0.3 is 5.66 Å². The summed E-state index contributed by atoms with van der Waals surface area (Å²) in [5.41, 5.74) is 13.0. The van der Waals surface area contributed by atoms with Gasteiger partial charge in [-0.2, -0.15) is 0 Å². The lowest BCUT2D eigenvalue weighted by atomic mass is 9.90. The lowest BCUT2D eigenvalue weighted by Gasteiger charge is -2.23. The molecule has 4 nitrogen and oxygen atoms in total. The van der Waals surface area contributed by atoms with Crippen molar-refractivity contribution in [2.45, 2.75) is 97.4 Å². The molecule has 1 fully saturated rings. The predicted molar refractivity (Wildman–Crippen MR) is 202 cm³/mol. The maximum atomic E-state index is 6.87. The van der Waals surface area contributed by atoms with E-state index in [2.05, 4.69) is 136 Å². The smallest absolute Gasteiger partial charge is 0.434 e. The van der Waals surface area contributed by atoms with Crippen molar-refractivity contribution < 1.29 is 13.6 Å². The Hall–Kier alpha value is -4.09. The molecular formula is C44H49N3OSi+2. The molecule has 0 N–H and O–H groups in total. The van der Waals surface area contributed by atoms with Crippen LogP contribution in [0.1, 0.15) is 87.2 Å². The number of pyridine rings is 3. The van der Waals surface area contributed by atoms with Gasteiger partial charge in [0.15, 0.2) is 18.0 Å². The third-order valence-electron chi connectivity index (χ3n) is 11.7. The molecule has 9 rings (SSSR count). The van der Waals surface area contributed by atoms with Crippen molar-refractivity contribution in [2.24, 2.45) is 11.8 Å². The zero-order valence-electron chi connectivity index (χ0n) is 30.2. The van der Waals surface area contributed by atoms with Crippen molar-refractivity contribution in [1.29, 1.82) is 0 Å². The van der Waals surface area contributed by atoms with Crippen LogP contribution >= 0.6 is 0 Å². The third kappa shape index (κ3) is 4.43. The Balaban J connectivity index is 1.44. The SMILES string of the molecule is CC(C)Cc1cc2[n+](cc1[Si](C)(C)C)C1(c3ccccc3-2)c2ncc3c(oc4ccccc43)c2-c2cc(CC3CCCC3)c(C(C)C)c[n+]21. The lowest BCUT2D eigenvalue weighted by molar-refractivity contribution is -0.955. The van der Waals surface area contributed by atoms with Crippen LogP contribution in [0.5, 0.6) is 0 Å². The van der Waals surface area contributed by atoms with Crippen LogP contribution in [0.25, 0.3) is 44.5 Å². The van der Waals surface area contributed by atoms with E-state index in [-0.39, 0.29) is 0 Å². The summed E-state index contributed by atoms with van der Waals surface area (Å²) in [5, 5.41) is 3.76. The fraction of sp³-hybridized carbons (Fsp3) is 0.386. The Morgan fingerprint density at radius 2 is 1.57 bits per heavy atom. The molecule has 248 valence electrons. The van der Waals surface area contributed by atoms with Crippen LogP contribution < -0.4 is 14.3 Å². The molecule has 6 aromatic rings. The molecule has 1 atom stereocenters. The monoisotopic (exact) mass is 663 g/mol. The first-order valence-electron chi connectivity index (χ1n) is 18.7. The van der Waals surface area contributed by atoms with Gasteiger partial charge in [-0.3, -0.25) is 0 Å². The van der Waals surface area contributed by atoms with E-state index in [1.807, 2.05) is 0 Å². The largest absolute Gasteiger partial charge is 0.455 e. The number of hydrogen-bond acceptors (Lipinski definition) is 2. The van der Waals surface area contributed by atoms with E-state index < -0.39 is 13.7 Å². The molecule has 0 bridgehead atoms. The van der Waals surface area contributed by atoms with E-state index in [1.165, 1.54) is 64.9 Å². The number of fused-ring (bicyclic) bond motifs is 14. The summed E-state index contributed by atoms with van der Waals surface area (Å²) < 4.78 is 12.1. The van der Waals surface area contributed by atoms with Gasteiger partial charge in [-0.25, -0.2) is 4.98 Å². The van der Waals surface area contributed by atoms with Gasteiger partial charge in [-0.05, 0) is 59.9 Å². The van der Waals surface area contributed by atoms with Gasteiger partial charge in [-0.15, -0.1) is 9.13 Å². The van der Waals surface area contributed by atoms with Crippen LogP contribution in [-0.4, -0.2) is 13.1 Å².